The van der Waals surface area contributed by atoms with E-state index in [1.807, 2.05) is 30.3 Å². The number of halogens is 1. The van der Waals surface area contributed by atoms with E-state index in [-0.39, 0.29) is 17.5 Å². The molecule has 0 aliphatic carbocycles. The molecule has 5 aromatic rings. The molecule has 1 unspecified atom stereocenters. The summed E-state index contributed by atoms with van der Waals surface area (Å²) in [7, 11) is 0. The van der Waals surface area contributed by atoms with E-state index in [1.54, 1.807) is 27.5 Å². The van der Waals surface area contributed by atoms with Crippen LogP contribution in [-0.2, 0) is 0 Å². The van der Waals surface area contributed by atoms with Crippen molar-refractivity contribution in [3.05, 3.63) is 81.9 Å². The number of aromatic nitrogens is 6. The standard InChI is InChI=1S/C24H19ClN8O/c1-14-7-9-31(22-18-15(11-26)12-27-21(18)28-13-29-22)19(14)23-30-32-10-8-17(25)20(32)24(34)33(23)16-5-3-2-4-6-16/h2-6,8,10,12-14,19H,7,9H2,1H3,(H,27,28,29)/t14-,19?/m0/s1. The van der Waals surface area contributed by atoms with Gasteiger partial charge >= 0.3 is 0 Å². The summed E-state index contributed by atoms with van der Waals surface area (Å²) in [5.41, 5.74) is 1.87. The van der Waals surface area contributed by atoms with Crippen LogP contribution in [0.2, 0.25) is 5.02 Å². The van der Waals surface area contributed by atoms with Crippen molar-refractivity contribution in [1.82, 2.24) is 29.1 Å². The van der Waals surface area contributed by atoms with Crippen LogP contribution < -0.4 is 10.5 Å². The zero-order chi connectivity index (χ0) is 23.4. The molecule has 0 spiro atoms. The molecule has 168 valence electrons. The SMILES string of the molecule is C[C@H]1CCN(c2ncnc3[nH]cc(C#N)c23)C1c1nn2ccc(Cl)c2c(=O)n1-c1ccccc1. The minimum absolute atomic E-state index is 0.167. The van der Waals surface area contributed by atoms with Crippen molar-refractivity contribution < 1.29 is 0 Å². The Morgan fingerprint density at radius 3 is 2.82 bits per heavy atom. The first-order valence-corrected chi connectivity index (χ1v) is 11.3. The second-order valence-corrected chi connectivity index (χ2v) is 8.84. The summed E-state index contributed by atoms with van der Waals surface area (Å²) in [4.78, 5) is 27.8. The van der Waals surface area contributed by atoms with Gasteiger partial charge in [-0.15, -0.1) is 0 Å². The quantitative estimate of drug-likeness (QED) is 0.429. The third-order valence-corrected chi connectivity index (χ3v) is 6.79. The maximum Gasteiger partial charge on any atom is 0.284 e. The zero-order valence-electron chi connectivity index (χ0n) is 18.2. The summed E-state index contributed by atoms with van der Waals surface area (Å²) < 4.78 is 3.19. The van der Waals surface area contributed by atoms with Crippen LogP contribution in [0.1, 0.15) is 30.8 Å². The first kappa shape index (κ1) is 20.4. The molecule has 9 nitrogen and oxygen atoms in total. The number of rotatable bonds is 3. The molecule has 1 aliphatic heterocycles. The van der Waals surface area contributed by atoms with Crippen LogP contribution >= 0.6 is 11.6 Å². The normalized spacial score (nSPS) is 18.1. The average molecular weight is 471 g/mol. The Kier molecular flexibility index (Phi) is 4.64. The third-order valence-electron chi connectivity index (χ3n) is 6.48. The van der Waals surface area contributed by atoms with Crippen molar-refractivity contribution in [1.29, 1.82) is 5.26 Å². The van der Waals surface area contributed by atoms with Gasteiger partial charge < -0.3 is 9.88 Å². The van der Waals surface area contributed by atoms with E-state index in [0.29, 0.717) is 51.0 Å². The van der Waals surface area contributed by atoms with Gasteiger partial charge in [0.2, 0.25) is 0 Å². The van der Waals surface area contributed by atoms with Crippen molar-refractivity contribution in [3.8, 4) is 11.8 Å². The molecule has 4 aromatic heterocycles. The van der Waals surface area contributed by atoms with Gasteiger partial charge in [0.25, 0.3) is 5.56 Å². The molecule has 10 heteroatoms. The van der Waals surface area contributed by atoms with Crippen molar-refractivity contribution in [2.24, 2.45) is 5.92 Å². The first-order valence-electron chi connectivity index (χ1n) is 10.9. The summed E-state index contributed by atoms with van der Waals surface area (Å²) in [6.07, 6.45) is 5.70. The fraction of sp³-hybridized carbons (Fsp3) is 0.208. The molecular weight excluding hydrogens is 452 g/mol. The van der Waals surface area contributed by atoms with Crippen molar-refractivity contribution >= 4 is 34.0 Å². The van der Waals surface area contributed by atoms with Gasteiger partial charge in [0, 0.05) is 18.9 Å². The highest BCUT2D eigenvalue weighted by Crippen LogP contribution is 2.41. The molecule has 34 heavy (non-hydrogen) atoms. The Morgan fingerprint density at radius 1 is 1.21 bits per heavy atom. The molecule has 1 N–H and O–H groups in total. The number of fused-ring (bicyclic) bond motifs is 2. The lowest BCUT2D eigenvalue weighted by atomic mass is 10.0. The van der Waals surface area contributed by atoms with Gasteiger partial charge in [0.1, 0.15) is 29.4 Å². The van der Waals surface area contributed by atoms with Crippen LogP contribution in [0.15, 0.2) is 59.9 Å². The Hall–Kier alpha value is -4.16. The molecular formula is C24H19ClN8O. The maximum absolute atomic E-state index is 13.7. The fourth-order valence-electron chi connectivity index (χ4n) is 4.90. The summed E-state index contributed by atoms with van der Waals surface area (Å²) >= 11 is 6.35. The van der Waals surface area contributed by atoms with E-state index < -0.39 is 0 Å². The van der Waals surface area contributed by atoms with Gasteiger partial charge in [-0.3, -0.25) is 9.36 Å². The van der Waals surface area contributed by atoms with Crippen LogP contribution in [0.3, 0.4) is 0 Å². The average Bonchev–Trinajstić information content (AvgIpc) is 3.56. The second-order valence-electron chi connectivity index (χ2n) is 8.43. The van der Waals surface area contributed by atoms with Gasteiger partial charge in [-0.25, -0.2) is 14.5 Å². The lowest BCUT2D eigenvalue weighted by Gasteiger charge is -2.29. The number of para-hydroxylation sites is 1. The number of nitrogens with one attached hydrogen (secondary N) is 1. The van der Waals surface area contributed by atoms with E-state index in [2.05, 4.69) is 32.8 Å². The molecule has 2 atom stereocenters. The lowest BCUT2D eigenvalue weighted by Crippen LogP contribution is -2.34. The van der Waals surface area contributed by atoms with Gasteiger partial charge in [0.15, 0.2) is 5.82 Å². The Balaban J connectivity index is 1.63. The highest BCUT2D eigenvalue weighted by atomic mass is 35.5. The van der Waals surface area contributed by atoms with Gasteiger partial charge in [-0.05, 0) is 30.5 Å². The minimum atomic E-state index is -0.266. The molecule has 0 amide bonds. The predicted octanol–water partition coefficient (Wildman–Crippen LogP) is 3.87. The lowest BCUT2D eigenvalue weighted by molar-refractivity contribution is 0.485. The van der Waals surface area contributed by atoms with E-state index in [0.717, 1.165) is 6.42 Å². The van der Waals surface area contributed by atoms with Crippen LogP contribution in [0.4, 0.5) is 5.82 Å². The van der Waals surface area contributed by atoms with Crippen LogP contribution in [0, 0.1) is 17.2 Å². The van der Waals surface area contributed by atoms with E-state index >= 15 is 0 Å². The summed E-state index contributed by atoms with van der Waals surface area (Å²) in [5.74, 6) is 1.40. The predicted molar refractivity (Wildman–Crippen MR) is 128 cm³/mol. The first-order chi connectivity index (χ1) is 16.6. The number of nitrogens with zero attached hydrogens (tertiary/aromatic N) is 7. The van der Waals surface area contributed by atoms with E-state index in [4.69, 9.17) is 16.7 Å². The molecule has 1 fully saturated rings. The molecule has 6 rings (SSSR count). The highest BCUT2D eigenvalue weighted by Gasteiger charge is 2.38. The fourth-order valence-corrected chi connectivity index (χ4v) is 5.12. The molecule has 0 saturated carbocycles. The molecule has 5 heterocycles. The molecule has 0 bridgehead atoms. The van der Waals surface area contributed by atoms with Crippen molar-refractivity contribution in [2.75, 3.05) is 11.4 Å². The topological polar surface area (TPSA) is 108 Å². The van der Waals surface area contributed by atoms with Crippen molar-refractivity contribution in [2.45, 2.75) is 19.4 Å². The van der Waals surface area contributed by atoms with Gasteiger partial charge in [-0.2, -0.15) is 10.4 Å². The number of benzene rings is 1. The highest BCUT2D eigenvalue weighted by molar-refractivity contribution is 6.33. The monoisotopic (exact) mass is 470 g/mol. The third kappa shape index (κ3) is 2.92. The number of hydrogen-bond donors (Lipinski definition) is 1. The number of hydrogen-bond acceptors (Lipinski definition) is 6. The second kappa shape index (κ2) is 7.71. The summed E-state index contributed by atoms with van der Waals surface area (Å²) in [6.45, 7) is 2.84. The van der Waals surface area contributed by atoms with E-state index in [9.17, 15) is 10.1 Å². The Labute approximate surface area is 198 Å². The summed E-state index contributed by atoms with van der Waals surface area (Å²) in [6, 6.07) is 13.1. The van der Waals surface area contributed by atoms with Crippen molar-refractivity contribution in [3.63, 3.8) is 0 Å². The largest absolute Gasteiger partial charge is 0.345 e. The summed E-state index contributed by atoms with van der Waals surface area (Å²) in [5, 5.41) is 15.6. The van der Waals surface area contributed by atoms with E-state index in [1.165, 1.54) is 6.33 Å². The van der Waals surface area contributed by atoms with Crippen LogP contribution in [0.5, 0.6) is 0 Å². The Bertz CT molecular complexity index is 1650. The molecule has 0 radical (unpaired) electrons. The smallest absolute Gasteiger partial charge is 0.284 e. The van der Waals surface area contributed by atoms with Crippen LogP contribution in [-0.4, -0.2) is 35.7 Å². The maximum atomic E-state index is 13.7. The molecule has 1 aromatic carbocycles. The number of aromatic amines is 1. The van der Waals surface area contributed by atoms with Gasteiger partial charge in [-0.1, -0.05) is 36.7 Å². The zero-order valence-corrected chi connectivity index (χ0v) is 18.9. The van der Waals surface area contributed by atoms with Crippen LogP contribution in [0.25, 0.3) is 22.2 Å². The van der Waals surface area contributed by atoms with Gasteiger partial charge in [0.05, 0.1) is 27.7 Å². The number of H-pyrrole nitrogens is 1. The number of nitriles is 1. The minimum Gasteiger partial charge on any atom is -0.345 e. The number of anilines is 1. The molecule has 1 aliphatic rings. The Morgan fingerprint density at radius 2 is 2.03 bits per heavy atom. The molecule has 1 saturated heterocycles.